The molecule has 1 rings (SSSR count). The Balaban J connectivity index is 2.82. The summed E-state index contributed by atoms with van der Waals surface area (Å²) in [6.07, 6.45) is 3.65. The molecule has 0 aromatic carbocycles. The molecule has 1 aromatic heterocycles. The van der Waals surface area contributed by atoms with Crippen molar-refractivity contribution in [2.75, 3.05) is 18.6 Å². The van der Waals surface area contributed by atoms with E-state index in [9.17, 15) is 0 Å². The summed E-state index contributed by atoms with van der Waals surface area (Å²) in [6.45, 7) is 0.534. The molecular formula is C6H11N3OS. The van der Waals surface area contributed by atoms with E-state index in [1.807, 2.05) is 6.26 Å². The molecule has 0 aliphatic carbocycles. The highest BCUT2D eigenvalue weighted by Crippen LogP contribution is 2.21. The van der Waals surface area contributed by atoms with Crippen LogP contribution in [0.5, 0.6) is 0 Å². The maximum absolute atomic E-state index is 8.60. The maximum atomic E-state index is 8.60. The van der Waals surface area contributed by atoms with Crippen molar-refractivity contribution < 1.29 is 5.11 Å². The van der Waals surface area contributed by atoms with Gasteiger partial charge in [0, 0.05) is 0 Å². The quantitative estimate of drug-likeness (QED) is 0.640. The molecule has 0 atom stereocenters. The minimum absolute atomic E-state index is 0.0691. The average molecular weight is 173 g/mol. The summed E-state index contributed by atoms with van der Waals surface area (Å²) < 4.78 is 1.59. The molecule has 0 spiro atoms. The van der Waals surface area contributed by atoms with Crippen molar-refractivity contribution in [3.63, 3.8) is 0 Å². The molecule has 0 saturated heterocycles. The number of nitrogens with zero attached hydrogens (tertiary/aromatic N) is 2. The second kappa shape index (κ2) is 3.64. The molecule has 0 amide bonds. The normalized spacial score (nSPS) is 10.4. The lowest BCUT2D eigenvalue weighted by Crippen LogP contribution is -2.07. The minimum atomic E-state index is 0.0691. The molecule has 0 unspecified atom stereocenters. The minimum Gasteiger partial charge on any atom is -0.394 e. The van der Waals surface area contributed by atoms with E-state index in [-0.39, 0.29) is 6.61 Å². The smallest absolute Gasteiger partial charge is 0.135 e. The molecule has 1 heterocycles. The Labute approximate surface area is 69.4 Å². The van der Waals surface area contributed by atoms with Gasteiger partial charge in [0.2, 0.25) is 0 Å². The van der Waals surface area contributed by atoms with E-state index in [1.165, 1.54) is 0 Å². The maximum Gasteiger partial charge on any atom is 0.135 e. The average Bonchev–Trinajstić information content (AvgIpc) is 2.34. The first-order valence-corrected chi connectivity index (χ1v) is 4.48. The highest BCUT2D eigenvalue weighted by Gasteiger charge is 2.03. The van der Waals surface area contributed by atoms with Crippen LogP contribution in [-0.4, -0.2) is 27.7 Å². The first kappa shape index (κ1) is 8.42. The van der Waals surface area contributed by atoms with Crippen LogP contribution in [0.15, 0.2) is 11.1 Å². The van der Waals surface area contributed by atoms with Gasteiger partial charge in [0.25, 0.3) is 0 Å². The van der Waals surface area contributed by atoms with E-state index >= 15 is 0 Å². The molecule has 0 fully saturated rings. The topological polar surface area (TPSA) is 64.1 Å². The molecule has 4 nitrogen and oxygen atoms in total. The van der Waals surface area contributed by atoms with Crippen LogP contribution in [-0.2, 0) is 6.54 Å². The van der Waals surface area contributed by atoms with Gasteiger partial charge < -0.3 is 10.8 Å². The fourth-order valence-corrected chi connectivity index (χ4v) is 1.27. The summed E-state index contributed by atoms with van der Waals surface area (Å²) in [5.41, 5.74) is 5.67. The molecular weight excluding hydrogens is 162 g/mol. The van der Waals surface area contributed by atoms with E-state index in [0.717, 1.165) is 4.90 Å². The van der Waals surface area contributed by atoms with Gasteiger partial charge in [0.15, 0.2) is 0 Å². The zero-order valence-electron chi connectivity index (χ0n) is 6.32. The Bertz CT molecular complexity index is 236. The van der Waals surface area contributed by atoms with Crippen molar-refractivity contribution in [3.05, 3.63) is 6.20 Å². The highest BCUT2D eigenvalue weighted by molar-refractivity contribution is 7.98. The fourth-order valence-electron chi connectivity index (χ4n) is 0.808. The van der Waals surface area contributed by atoms with Crippen LogP contribution in [0, 0.1) is 0 Å². The van der Waals surface area contributed by atoms with Crippen LogP contribution in [0.2, 0.25) is 0 Å². The van der Waals surface area contributed by atoms with E-state index in [4.69, 9.17) is 10.8 Å². The number of anilines is 1. The van der Waals surface area contributed by atoms with Crippen LogP contribution in [0.4, 0.5) is 5.82 Å². The summed E-state index contributed by atoms with van der Waals surface area (Å²) in [4.78, 5) is 0.957. The Morgan fingerprint density at radius 3 is 3.00 bits per heavy atom. The molecule has 3 N–H and O–H groups in total. The molecule has 0 radical (unpaired) electrons. The van der Waals surface area contributed by atoms with Crippen LogP contribution < -0.4 is 5.73 Å². The SMILES string of the molecule is CSc1cnn(CCO)c1N. The van der Waals surface area contributed by atoms with Gasteiger partial charge in [-0.05, 0) is 6.26 Å². The Morgan fingerprint density at radius 2 is 2.55 bits per heavy atom. The number of hydrogen-bond acceptors (Lipinski definition) is 4. The van der Waals surface area contributed by atoms with Gasteiger partial charge >= 0.3 is 0 Å². The third-order valence-corrected chi connectivity index (χ3v) is 2.13. The van der Waals surface area contributed by atoms with Gasteiger partial charge in [0.05, 0.1) is 24.2 Å². The molecule has 0 bridgehead atoms. The molecule has 11 heavy (non-hydrogen) atoms. The molecule has 0 aliphatic heterocycles. The number of rotatable bonds is 3. The van der Waals surface area contributed by atoms with E-state index in [1.54, 1.807) is 22.6 Å². The molecule has 62 valence electrons. The number of aliphatic hydroxyl groups is 1. The number of hydrogen-bond donors (Lipinski definition) is 2. The number of nitrogens with two attached hydrogens (primary N) is 1. The van der Waals surface area contributed by atoms with Gasteiger partial charge in [0.1, 0.15) is 5.82 Å². The summed E-state index contributed by atoms with van der Waals surface area (Å²) >= 11 is 1.55. The van der Waals surface area contributed by atoms with E-state index in [0.29, 0.717) is 12.4 Å². The summed E-state index contributed by atoms with van der Waals surface area (Å²) in [5, 5.41) is 12.6. The Morgan fingerprint density at radius 1 is 1.82 bits per heavy atom. The van der Waals surface area contributed by atoms with Crippen molar-refractivity contribution in [2.24, 2.45) is 0 Å². The van der Waals surface area contributed by atoms with Crippen LogP contribution in [0.1, 0.15) is 0 Å². The van der Waals surface area contributed by atoms with Crippen LogP contribution in [0.25, 0.3) is 0 Å². The van der Waals surface area contributed by atoms with E-state index < -0.39 is 0 Å². The Hall–Kier alpha value is -0.680. The first-order chi connectivity index (χ1) is 5.29. The van der Waals surface area contributed by atoms with Crippen LogP contribution >= 0.6 is 11.8 Å². The summed E-state index contributed by atoms with van der Waals surface area (Å²) in [5.74, 6) is 0.631. The second-order valence-electron chi connectivity index (χ2n) is 2.04. The van der Waals surface area contributed by atoms with Gasteiger partial charge in [-0.25, -0.2) is 4.68 Å². The lowest BCUT2D eigenvalue weighted by Gasteiger charge is -2.00. The van der Waals surface area contributed by atoms with Crippen molar-refractivity contribution in [2.45, 2.75) is 11.4 Å². The predicted molar refractivity (Wildman–Crippen MR) is 45.5 cm³/mol. The van der Waals surface area contributed by atoms with Gasteiger partial charge in [-0.1, -0.05) is 0 Å². The highest BCUT2D eigenvalue weighted by atomic mass is 32.2. The Kier molecular flexibility index (Phi) is 2.78. The predicted octanol–water partition coefficient (Wildman–Crippen LogP) is 0.180. The number of aliphatic hydroxyl groups excluding tert-OH is 1. The monoisotopic (exact) mass is 173 g/mol. The fraction of sp³-hybridized carbons (Fsp3) is 0.500. The van der Waals surface area contributed by atoms with E-state index in [2.05, 4.69) is 5.10 Å². The summed E-state index contributed by atoms with van der Waals surface area (Å²) in [6, 6.07) is 0. The zero-order valence-corrected chi connectivity index (χ0v) is 7.14. The molecule has 5 heteroatoms. The van der Waals surface area contributed by atoms with Crippen molar-refractivity contribution in [1.29, 1.82) is 0 Å². The zero-order chi connectivity index (χ0) is 8.27. The molecule has 1 aromatic rings. The number of nitrogen functional groups attached to an aromatic ring is 1. The third kappa shape index (κ3) is 1.66. The summed E-state index contributed by atoms with van der Waals surface area (Å²) in [7, 11) is 0. The van der Waals surface area contributed by atoms with Crippen molar-refractivity contribution in [3.8, 4) is 0 Å². The number of aromatic nitrogens is 2. The van der Waals surface area contributed by atoms with Crippen LogP contribution in [0.3, 0.4) is 0 Å². The van der Waals surface area contributed by atoms with Gasteiger partial charge in [-0.2, -0.15) is 5.10 Å². The lowest BCUT2D eigenvalue weighted by atomic mass is 10.6. The number of thioether (sulfide) groups is 1. The third-order valence-electron chi connectivity index (χ3n) is 1.38. The van der Waals surface area contributed by atoms with Crippen molar-refractivity contribution >= 4 is 17.6 Å². The largest absolute Gasteiger partial charge is 0.394 e. The second-order valence-corrected chi connectivity index (χ2v) is 2.89. The first-order valence-electron chi connectivity index (χ1n) is 3.25. The molecule has 0 aliphatic rings. The van der Waals surface area contributed by atoms with Crippen molar-refractivity contribution in [1.82, 2.24) is 9.78 Å². The van der Waals surface area contributed by atoms with Gasteiger partial charge in [-0.15, -0.1) is 11.8 Å². The molecule has 0 saturated carbocycles. The van der Waals surface area contributed by atoms with Gasteiger partial charge in [-0.3, -0.25) is 0 Å². The standard InChI is InChI=1S/C6H11N3OS/c1-11-5-4-8-9(2-3-10)6(5)7/h4,10H,2-3,7H2,1H3. The lowest BCUT2D eigenvalue weighted by molar-refractivity contribution is 0.270.